The van der Waals surface area contributed by atoms with E-state index in [2.05, 4.69) is 25.6 Å². The first-order chi connectivity index (χ1) is 13.3. The molecule has 0 aliphatic heterocycles. The van der Waals surface area contributed by atoms with E-state index in [1.165, 1.54) is 18.3 Å². The van der Waals surface area contributed by atoms with Crippen LogP contribution >= 0.6 is 22.9 Å². The molecule has 0 spiro atoms. The Morgan fingerprint density at radius 1 is 1.14 bits per heavy atom. The fraction of sp³-hybridized carbons (Fsp3) is 0.263. The van der Waals surface area contributed by atoms with E-state index >= 15 is 0 Å². The molecule has 0 saturated heterocycles. The minimum Gasteiger partial charge on any atom is -0.480 e. The van der Waals surface area contributed by atoms with Crippen LogP contribution in [0, 0.1) is 0 Å². The van der Waals surface area contributed by atoms with Gasteiger partial charge in [0.2, 0.25) is 5.95 Å². The summed E-state index contributed by atoms with van der Waals surface area (Å²) in [5.41, 5.74) is 1.98. The van der Waals surface area contributed by atoms with Crippen molar-refractivity contribution in [3.63, 3.8) is 0 Å². The third-order valence-electron chi connectivity index (χ3n) is 3.76. The molecule has 2 aromatic heterocycles. The maximum absolute atomic E-state index is 11.2. The highest BCUT2D eigenvalue weighted by molar-refractivity contribution is 7.18. The number of halogens is 1. The number of hydrogen-bond acceptors (Lipinski definition) is 7. The van der Waals surface area contributed by atoms with E-state index in [0.717, 1.165) is 15.6 Å². The highest BCUT2D eigenvalue weighted by atomic mass is 35.5. The summed E-state index contributed by atoms with van der Waals surface area (Å²) in [5.74, 6) is -0.774. The van der Waals surface area contributed by atoms with Crippen molar-refractivity contribution in [2.75, 3.05) is 10.6 Å². The van der Waals surface area contributed by atoms with Crippen molar-refractivity contribution in [3.8, 4) is 21.8 Å². The summed E-state index contributed by atoms with van der Waals surface area (Å²) in [6, 6.07) is 8.59. The molecule has 0 saturated carbocycles. The normalized spacial score (nSPS) is 12.0. The molecule has 7 nitrogen and oxygen atoms in total. The molecule has 0 amide bonds. The molecule has 3 rings (SSSR count). The van der Waals surface area contributed by atoms with Gasteiger partial charge in [0.15, 0.2) is 5.13 Å². The van der Waals surface area contributed by atoms with Crippen LogP contribution in [0.2, 0.25) is 5.02 Å². The van der Waals surface area contributed by atoms with Crippen molar-refractivity contribution >= 4 is 40.0 Å². The molecule has 0 unspecified atom stereocenters. The molecule has 0 aliphatic carbocycles. The number of carboxylic acid groups (broad SMARTS) is 1. The van der Waals surface area contributed by atoms with E-state index in [0.29, 0.717) is 16.4 Å². The van der Waals surface area contributed by atoms with Crippen LogP contribution in [-0.4, -0.2) is 38.1 Å². The van der Waals surface area contributed by atoms with Crippen LogP contribution < -0.4 is 10.6 Å². The number of hydrogen-bond donors (Lipinski definition) is 3. The average molecular weight is 418 g/mol. The smallest absolute Gasteiger partial charge is 0.325 e. The predicted octanol–water partition coefficient (Wildman–Crippen LogP) is 4.63. The zero-order chi connectivity index (χ0) is 20.3. The number of anilines is 2. The maximum Gasteiger partial charge on any atom is 0.325 e. The van der Waals surface area contributed by atoms with Crippen molar-refractivity contribution < 1.29 is 9.90 Å². The summed E-state index contributed by atoms with van der Waals surface area (Å²) in [7, 11) is 0. The zero-order valence-electron chi connectivity index (χ0n) is 15.6. The highest BCUT2D eigenvalue weighted by Gasteiger charge is 2.16. The van der Waals surface area contributed by atoms with Crippen LogP contribution in [0.4, 0.5) is 11.1 Å². The molecular formula is C19H20ClN5O2S. The summed E-state index contributed by atoms with van der Waals surface area (Å²) in [5, 5.41) is 16.6. The number of aromatic nitrogens is 3. The Kier molecular flexibility index (Phi) is 6.11. The lowest BCUT2D eigenvalue weighted by Crippen LogP contribution is -2.26. The molecule has 2 heterocycles. The van der Waals surface area contributed by atoms with Gasteiger partial charge in [0.25, 0.3) is 0 Å². The number of carboxylic acids is 1. The molecule has 28 heavy (non-hydrogen) atoms. The molecular weight excluding hydrogens is 398 g/mol. The van der Waals surface area contributed by atoms with Gasteiger partial charge in [-0.05, 0) is 32.9 Å². The third-order valence-corrected chi connectivity index (χ3v) is 5.04. The summed E-state index contributed by atoms with van der Waals surface area (Å²) in [6.45, 7) is 5.61. The predicted molar refractivity (Wildman–Crippen MR) is 113 cm³/mol. The Hall–Kier alpha value is -2.71. The van der Waals surface area contributed by atoms with Crippen LogP contribution in [0.3, 0.4) is 0 Å². The second-order valence-corrected chi connectivity index (χ2v) is 7.91. The molecule has 0 bridgehead atoms. The van der Waals surface area contributed by atoms with E-state index in [9.17, 15) is 9.90 Å². The molecule has 0 radical (unpaired) electrons. The van der Waals surface area contributed by atoms with Gasteiger partial charge in [0, 0.05) is 22.8 Å². The van der Waals surface area contributed by atoms with E-state index < -0.39 is 12.0 Å². The molecule has 3 aromatic rings. The van der Waals surface area contributed by atoms with Crippen molar-refractivity contribution in [1.82, 2.24) is 15.0 Å². The van der Waals surface area contributed by atoms with Gasteiger partial charge in [-0.1, -0.05) is 41.1 Å². The lowest BCUT2D eigenvalue weighted by molar-refractivity contribution is -0.137. The minimum atomic E-state index is -0.991. The van der Waals surface area contributed by atoms with Gasteiger partial charge in [-0.2, -0.15) is 0 Å². The van der Waals surface area contributed by atoms with Crippen LogP contribution in [0.1, 0.15) is 20.8 Å². The Morgan fingerprint density at radius 2 is 1.86 bits per heavy atom. The number of benzene rings is 1. The van der Waals surface area contributed by atoms with Crippen LogP contribution in [0.25, 0.3) is 21.8 Å². The second-order valence-electron chi connectivity index (χ2n) is 6.47. The third kappa shape index (κ3) is 4.76. The van der Waals surface area contributed by atoms with E-state index in [1.54, 1.807) is 12.3 Å². The first-order valence-corrected chi connectivity index (χ1v) is 9.89. The van der Waals surface area contributed by atoms with Crippen LogP contribution in [-0.2, 0) is 4.79 Å². The lowest BCUT2D eigenvalue weighted by atomic mass is 10.1. The molecule has 146 valence electrons. The molecule has 3 N–H and O–H groups in total. The molecule has 0 fully saturated rings. The molecule has 0 aliphatic rings. The van der Waals surface area contributed by atoms with E-state index in [4.69, 9.17) is 11.6 Å². The molecule has 9 heteroatoms. The number of nitrogens with one attached hydrogen (secondary N) is 2. The first kappa shape index (κ1) is 20.0. The first-order valence-electron chi connectivity index (χ1n) is 8.69. The van der Waals surface area contributed by atoms with Crippen LogP contribution in [0.5, 0.6) is 0 Å². The number of nitrogens with zero attached hydrogens (tertiary/aromatic N) is 3. The average Bonchev–Trinajstić information content (AvgIpc) is 3.09. The van der Waals surface area contributed by atoms with Crippen molar-refractivity contribution in [2.24, 2.45) is 0 Å². The Labute approximate surface area is 171 Å². The zero-order valence-corrected chi connectivity index (χ0v) is 17.2. The lowest BCUT2D eigenvalue weighted by Gasteiger charge is -2.12. The monoisotopic (exact) mass is 417 g/mol. The quantitative estimate of drug-likeness (QED) is 0.515. The highest BCUT2D eigenvalue weighted by Crippen LogP contribution is 2.33. The summed E-state index contributed by atoms with van der Waals surface area (Å²) >= 11 is 7.80. The maximum atomic E-state index is 11.2. The van der Waals surface area contributed by atoms with Gasteiger partial charge in [-0.15, -0.1) is 0 Å². The molecule has 1 atom stereocenters. The van der Waals surface area contributed by atoms with Gasteiger partial charge < -0.3 is 15.7 Å². The standard InChI is InChI=1S/C19H20ClN5O2S/c1-10(2)22-19-21-9-16(28-19)15-8-14(12-6-4-5-7-13(12)20)24-18(25-15)23-11(3)17(26)27/h4-11H,1-3H3,(H,21,22)(H,26,27)(H,23,24,25)/t11-/m0/s1. The minimum absolute atomic E-state index is 0.217. The summed E-state index contributed by atoms with van der Waals surface area (Å²) in [4.78, 5) is 25.4. The van der Waals surface area contributed by atoms with Gasteiger partial charge in [-0.3, -0.25) is 4.79 Å². The second kappa shape index (κ2) is 8.53. The summed E-state index contributed by atoms with van der Waals surface area (Å²) < 4.78 is 0. The molecule has 1 aromatic carbocycles. The van der Waals surface area contributed by atoms with Crippen LogP contribution in [0.15, 0.2) is 36.5 Å². The van der Waals surface area contributed by atoms with Crippen molar-refractivity contribution in [2.45, 2.75) is 32.9 Å². The van der Waals surface area contributed by atoms with Crippen molar-refractivity contribution in [1.29, 1.82) is 0 Å². The van der Waals surface area contributed by atoms with Gasteiger partial charge in [0.05, 0.1) is 16.3 Å². The fourth-order valence-corrected chi connectivity index (χ4v) is 3.56. The number of aliphatic carboxylic acids is 1. The number of carbonyl (C=O) groups is 1. The van der Waals surface area contributed by atoms with Gasteiger partial charge in [-0.25, -0.2) is 15.0 Å². The number of thiazole rings is 1. The largest absolute Gasteiger partial charge is 0.480 e. The SMILES string of the molecule is CC(C)Nc1ncc(-c2cc(-c3ccccc3Cl)nc(N[C@@H](C)C(=O)O)n2)s1. The Balaban J connectivity index is 2.06. The number of rotatable bonds is 7. The fourth-order valence-electron chi connectivity index (χ4n) is 2.41. The topological polar surface area (TPSA) is 100 Å². The Morgan fingerprint density at radius 3 is 2.54 bits per heavy atom. The van der Waals surface area contributed by atoms with Gasteiger partial charge in [0.1, 0.15) is 6.04 Å². The summed E-state index contributed by atoms with van der Waals surface area (Å²) in [6.07, 6.45) is 1.73. The van der Waals surface area contributed by atoms with Crippen molar-refractivity contribution in [3.05, 3.63) is 41.6 Å². The van der Waals surface area contributed by atoms with Gasteiger partial charge >= 0.3 is 5.97 Å². The Bertz CT molecular complexity index is 992. The van der Waals surface area contributed by atoms with E-state index in [-0.39, 0.29) is 12.0 Å². The van der Waals surface area contributed by atoms with E-state index in [1.807, 2.05) is 38.1 Å².